The molecule has 2 aliphatic rings. The number of fused-ring (bicyclic) bond motifs is 1. The summed E-state index contributed by atoms with van der Waals surface area (Å²) in [6, 6.07) is 2.10. The van der Waals surface area contributed by atoms with Gasteiger partial charge in [0.2, 0.25) is 0 Å². The molecule has 7 nitrogen and oxygen atoms in total. The van der Waals surface area contributed by atoms with E-state index in [2.05, 4.69) is 4.90 Å². The normalized spacial score (nSPS) is 23.3. The van der Waals surface area contributed by atoms with Crippen LogP contribution in [0.5, 0.6) is 0 Å². The minimum absolute atomic E-state index is 0.0152. The first-order chi connectivity index (χ1) is 14.2. The summed E-state index contributed by atoms with van der Waals surface area (Å²) >= 11 is 1.50. The van der Waals surface area contributed by atoms with Gasteiger partial charge in [-0.05, 0) is 59.9 Å². The number of aryl methyl sites for hydroxylation is 1. The summed E-state index contributed by atoms with van der Waals surface area (Å²) in [6.07, 6.45) is 5.16. The molecule has 2 fully saturated rings. The van der Waals surface area contributed by atoms with Gasteiger partial charge in [0.25, 0.3) is 5.56 Å². The minimum Gasteiger partial charge on any atom is -0.444 e. The largest absolute Gasteiger partial charge is 0.444 e. The van der Waals surface area contributed by atoms with E-state index < -0.39 is 5.60 Å². The number of ether oxygens (including phenoxy) is 1. The Morgan fingerprint density at radius 1 is 1.20 bits per heavy atom. The summed E-state index contributed by atoms with van der Waals surface area (Å²) in [7, 11) is 0. The van der Waals surface area contributed by atoms with Crippen molar-refractivity contribution in [3.63, 3.8) is 0 Å². The molecule has 164 valence electrons. The highest BCUT2D eigenvalue weighted by molar-refractivity contribution is 7.15. The molecule has 2 aromatic rings. The van der Waals surface area contributed by atoms with E-state index in [1.807, 2.05) is 38.0 Å². The average molecular weight is 433 g/mol. The van der Waals surface area contributed by atoms with Crippen LogP contribution in [0.3, 0.4) is 0 Å². The average Bonchev–Trinajstić information content (AvgIpc) is 3.28. The Kier molecular flexibility index (Phi) is 5.90. The molecule has 4 heterocycles. The van der Waals surface area contributed by atoms with E-state index in [-0.39, 0.29) is 23.7 Å². The fourth-order valence-electron chi connectivity index (χ4n) is 4.78. The van der Waals surface area contributed by atoms with Crippen LogP contribution in [0.25, 0.3) is 4.96 Å². The molecule has 0 radical (unpaired) electrons. The zero-order chi connectivity index (χ0) is 21.5. The molecule has 2 saturated heterocycles. The van der Waals surface area contributed by atoms with Gasteiger partial charge in [-0.15, -0.1) is 11.3 Å². The van der Waals surface area contributed by atoms with Gasteiger partial charge in [0.05, 0.1) is 11.7 Å². The third kappa shape index (κ3) is 4.39. The first-order valence-electron chi connectivity index (χ1n) is 10.9. The highest BCUT2D eigenvalue weighted by Crippen LogP contribution is 2.31. The van der Waals surface area contributed by atoms with Gasteiger partial charge in [-0.2, -0.15) is 0 Å². The van der Waals surface area contributed by atoms with Gasteiger partial charge in [-0.3, -0.25) is 14.1 Å². The number of aromatic nitrogens is 2. The molecule has 2 aromatic heterocycles. The van der Waals surface area contributed by atoms with Gasteiger partial charge in [0, 0.05) is 36.3 Å². The molecule has 2 aliphatic heterocycles. The van der Waals surface area contributed by atoms with Crippen molar-refractivity contribution in [2.45, 2.75) is 84.0 Å². The molecule has 0 spiro atoms. The van der Waals surface area contributed by atoms with Crippen LogP contribution in [-0.4, -0.2) is 56.1 Å². The maximum Gasteiger partial charge on any atom is 0.410 e. The number of hydrogen-bond acceptors (Lipinski definition) is 6. The van der Waals surface area contributed by atoms with Crippen LogP contribution in [-0.2, 0) is 11.3 Å². The Morgan fingerprint density at radius 2 is 1.97 bits per heavy atom. The fraction of sp³-hybridized carbons (Fsp3) is 0.682. The number of carbonyl (C=O) groups excluding carboxylic acids is 1. The number of piperidine rings is 1. The van der Waals surface area contributed by atoms with Gasteiger partial charge < -0.3 is 9.64 Å². The van der Waals surface area contributed by atoms with Crippen molar-refractivity contribution in [2.24, 2.45) is 0 Å². The molecule has 2 atom stereocenters. The number of nitrogens with zero attached hydrogens (tertiary/aromatic N) is 4. The second-order valence-corrected chi connectivity index (χ2v) is 10.3. The van der Waals surface area contributed by atoms with Crippen LogP contribution in [0.15, 0.2) is 16.2 Å². The predicted octanol–water partition coefficient (Wildman–Crippen LogP) is 3.82. The number of thiazole rings is 1. The summed E-state index contributed by atoms with van der Waals surface area (Å²) in [5, 5.41) is 1.97. The summed E-state index contributed by atoms with van der Waals surface area (Å²) in [6.45, 7) is 10.0. The van der Waals surface area contributed by atoms with Crippen molar-refractivity contribution in [3.05, 3.63) is 33.2 Å². The van der Waals surface area contributed by atoms with E-state index in [9.17, 15) is 9.59 Å². The van der Waals surface area contributed by atoms with Crippen molar-refractivity contribution >= 4 is 22.4 Å². The Hall–Kier alpha value is -1.93. The lowest BCUT2D eigenvalue weighted by atomic mass is 9.93. The third-order valence-electron chi connectivity index (χ3n) is 6.03. The van der Waals surface area contributed by atoms with E-state index in [1.165, 1.54) is 17.8 Å². The smallest absolute Gasteiger partial charge is 0.410 e. The van der Waals surface area contributed by atoms with Crippen LogP contribution >= 0.6 is 11.3 Å². The molecule has 4 rings (SSSR count). The first kappa shape index (κ1) is 21.3. The van der Waals surface area contributed by atoms with Crippen molar-refractivity contribution < 1.29 is 9.53 Å². The zero-order valence-electron chi connectivity index (χ0n) is 18.4. The van der Waals surface area contributed by atoms with Gasteiger partial charge >= 0.3 is 6.09 Å². The second kappa shape index (κ2) is 8.30. The molecule has 30 heavy (non-hydrogen) atoms. The van der Waals surface area contributed by atoms with Crippen LogP contribution in [0.1, 0.15) is 64.3 Å². The quantitative estimate of drug-likeness (QED) is 0.738. The van der Waals surface area contributed by atoms with Gasteiger partial charge in [-0.25, -0.2) is 9.78 Å². The van der Waals surface area contributed by atoms with Crippen LogP contribution in [0, 0.1) is 6.92 Å². The van der Waals surface area contributed by atoms with E-state index in [4.69, 9.17) is 9.72 Å². The Balaban J connectivity index is 1.54. The lowest BCUT2D eigenvalue weighted by Gasteiger charge is -2.42. The molecule has 0 N–H and O–H groups in total. The maximum absolute atomic E-state index is 12.8. The molecule has 2 unspecified atom stereocenters. The summed E-state index contributed by atoms with van der Waals surface area (Å²) in [4.78, 5) is 35.2. The summed E-state index contributed by atoms with van der Waals surface area (Å²) in [5.41, 5.74) is 1.24. The van der Waals surface area contributed by atoms with Crippen LogP contribution < -0.4 is 5.56 Å². The molecule has 1 amide bonds. The monoisotopic (exact) mass is 432 g/mol. The van der Waals surface area contributed by atoms with E-state index in [0.717, 1.165) is 55.1 Å². The maximum atomic E-state index is 12.8. The van der Waals surface area contributed by atoms with E-state index >= 15 is 0 Å². The Labute approximate surface area is 181 Å². The fourth-order valence-corrected chi connectivity index (χ4v) is 5.67. The number of carbonyl (C=O) groups is 1. The van der Waals surface area contributed by atoms with Crippen molar-refractivity contribution in [2.75, 3.05) is 13.1 Å². The van der Waals surface area contributed by atoms with Crippen LogP contribution in [0.4, 0.5) is 4.79 Å². The Bertz CT molecular complexity index is 977. The molecular formula is C22H32N4O3S. The van der Waals surface area contributed by atoms with Crippen LogP contribution in [0.2, 0.25) is 0 Å². The molecule has 0 bridgehead atoms. The predicted molar refractivity (Wildman–Crippen MR) is 118 cm³/mol. The lowest BCUT2D eigenvalue weighted by Crippen LogP contribution is -2.53. The van der Waals surface area contributed by atoms with Crippen molar-refractivity contribution in [3.8, 4) is 0 Å². The van der Waals surface area contributed by atoms with Gasteiger partial charge in [0.1, 0.15) is 5.60 Å². The lowest BCUT2D eigenvalue weighted by molar-refractivity contribution is 0.00627. The second-order valence-electron chi connectivity index (χ2n) is 9.50. The summed E-state index contributed by atoms with van der Waals surface area (Å²) < 4.78 is 7.35. The zero-order valence-corrected chi connectivity index (χ0v) is 19.2. The number of amides is 1. The number of hydrogen-bond donors (Lipinski definition) is 0. The SMILES string of the molecule is Cc1csc2nc(CN3CCCCC3C3CCCN3C(=O)OC(C)(C)C)cc(=O)n12. The number of rotatable bonds is 3. The van der Waals surface area contributed by atoms with Crippen molar-refractivity contribution in [1.82, 2.24) is 19.2 Å². The number of likely N-dealkylation sites (tertiary alicyclic amines) is 2. The summed E-state index contributed by atoms with van der Waals surface area (Å²) in [5.74, 6) is 0. The molecule has 0 aromatic carbocycles. The third-order valence-corrected chi connectivity index (χ3v) is 6.97. The van der Waals surface area contributed by atoms with Gasteiger partial charge in [-0.1, -0.05) is 6.42 Å². The minimum atomic E-state index is -0.489. The molecule has 8 heteroatoms. The first-order valence-corrected chi connectivity index (χ1v) is 11.8. The molecule has 0 aliphatic carbocycles. The van der Waals surface area contributed by atoms with E-state index in [1.54, 1.807) is 10.5 Å². The van der Waals surface area contributed by atoms with Gasteiger partial charge in [0.15, 0.2) is 4.96 Å². The Morgan fingerprint density at radius 3 is 2.73 bits per heavy atom. The highest BCUT2D eigenvalue weighted by Gasteiger charge is 2.40. The molecular weight excluding hydrogens is 400 g/mol. The topological polar surface area (TPSA) is 67.2 Å². The molecule has 0 saturated carbocycles. The van der Waals surface area contributed by atoms with Crippen molar-refractivity contribution in [1.29, 1.82) is 0 Å². The highest BCUT2D eigenvalue weighted by atomic mass is 32.1. The van der Waals surface area contributed by atoms with E-state index in [0.29, 0.717) is 6.54 Å². The standard InChI is InChI=1S/C22H32N4O3S/c1-15-14-30-20-23-16(12-19(27)26(15)20)13-24-10-6-5-8-17(24)18-9-7-11-25(18)21(28)29-22(2,3)4/h12,14,17-18H,5-11,13H2,1-4H3.